The molecule has 76 valence electrons. The third-order valence-corrected chi connectivity index (χ3v) is 1.95. The molecule has 2 heterocycles. The molecule has 0 radical (unpaired) electrons. The highest BCUT2D eigenvalue weighted by atomic mass is 35.5. The molecule has 2 aromatic heterocycles. The van der Waals surface area contributed by atoms with Crippen LogP contribution in [0, 0.1) is 10.1 Å². The van der Waals surface area contributed by atoms with Crippen molar-refractivity contribution in [2.75, 3.05) is 0 Å². The lowest BCUT2D eigenvalue weighted by Gasteiger charge is -2.01. The molecule has 0 aliphatic heterocycles. The number of rotatable bonds is 2. The van der Waals surface area contributed by atoms with Crippen LogP contribution in [0.2, 0.25) is 5.15 Å². The molecule has 0 unspecified atom stereocenters. The van der Waals surface area contributed by atoms with Gasteiger partial charge in [0.15, 0.2) is 0 Å². The average molecular weight is 225 g/mol. The fraction of sp³-hybridized carbons (Fsp3) is 0. The van der Waals surface area contributed by atoms with Gasteiger partial charge in [-0.05, 0) is 12.1 Å². The van der Waals surface area contributed by atoms with E-state index in [1.54, 1.807) is 12.3 Å². The molecular weight excluding hydrogens is 220 g/mol. The zero-order chi connectivity index (χ0) is 10.8. The molecule has 0 aliphatic rings. The first-order chi connectivity index (χ1) is 7.18. The molecule has 0 aromatic carbocycles. The Morgan fingerprint density at radius 1 is 1.47 bits per heavy atom. The smallest absolute Gasteiger partial charge is 0.258 e. The molecule has 0 fully saturated rings. The van der Waals surface area contributed by atoms with Crippen molar-refractivity contribution in [2.45, 2.75) is 0 Å². The molecule has 0 amide bonds. The first kappa shape index (κ1) is 9.60. The molecule has 15 heavy (non-hydrogen) atoms. The molecule has 6 nitrogen and oxygen atoms in total. The quantitative estimate of drug-likeness (QED) is 0.443. The summed E-state index contributed by atoms with van der Waals surface area (Å²) in [4.78, 5) is 14.0. The molecule has 2 aromatic rings. The maximum atomic E-state index is 10.7. The second kappa shape index (κ2) is 3.66. The van der Waals surface area contributed by atoms with Crippen molar-refractivity contribution in [1.29, 1.82) is 0 Å². The highest BCUT2D eigenvalue weighted by Crippen LogP contribution is 2.21. The summed E-state index contributed by atoms with van der Waals surface area (Å²) in [5.41, 5.74) is -0.136. The Kier molecular flexibility index (Phi) is 2.34. The SMILES string of the molecule is O=[N+]([O-])c1ccc(Cl)nc1-n1cccn1. The van der Waals surface area contributed by atoms with E-state index in [0.717, 1.165) is 0 Å². The zero-order valence-electron chi connectivity index (χ0n) is 7.37. The molecular formula is C8H5ClN4O2. The van der Waals surface area contributed by atoms with Crippen LogP contribution in [0.25, 0.3) is 5.82 Å². The number of nitrogens with zero attached hydrogens (tertiary/aromatic N) is 4. The molecule has 0 aliphatic carbocycles. The molecule has 2 rings (SSSR count). The second-order valence-electron chi connectivity index (χ2n) is 2.68. The van der Waals surface area contributed by atoms with E-state index in [1.165, 1.54) is 23.0 Å². The number of hydrogen-bond donors (Lipinski definition) is 0. The van der Waals surface area contributed by atoms with E-state index in [-0.39, 0.29) is 16.7 Å². The summed E-state index contributed by atoms with van der Waals surface area (Å²) < 4.78 is 1.30. The normalized spacial score (nSPS) is 10.2. The zero-order valence-corrected chi connectivity index (χ0v) is 8.13. The summed E-state index contributed by atoms with van der Waals surface area (Å²) >= 11 is 5.66. The standard InChI is InChI=1S/C8H5ClN4O2/c9-7-3-2-6(13(14)15)8(11-7)12-5-1-4-10-12/h1-5H. The van der Waals surface area contributed by atoms with Gasteiger partial charge in [0.05, 0.1) is 4.92 Å². The van der Waals surface area contributed by atoms with Crippen molar-refractivity contribution in [1.82, 2.24) is 14.8 Å². The molecule has 0 bridgehead atoms. The van der Waals surface area contributed by atoms with Gasteiger partial charge in [0.25, 0.3) is 0 Å². The van der Waals surface area contributed by atoms with Crippen LogP contribution in [0.4, 0.5) is 5.69 Å². The lowest BCUT2D eigenvalue weighted by Crippen LogP contribution is -2.03. The van der Waals surface area contributed by atoms with Crippen molar-refractivity contribution in [3.05, 3.63) is 45.9 Å². The van der Waals surface area contributed by atoms with E-state index < -0.39 is 4.92 Å². The van der Waals surface area contributed by atoms with Crippen LogP contribution in [0.3, 0.4) is 0 Å². The number of aromatic nitrogens is 3. The van der Waals surface area contributed by atoms with Crippen LogP contribution in [-0.2, 0) is 0 Å². The summed E-state index contributed by atoms with van der Waals surface area (Å²) in [7, 11) is 0. The highest BCUT2D eigenvalue weighted by Gasteiger charge is 2.17. The van der Waals surface area contributed by atoms with Gasteiger partial charge in [-0.3, -0.25) is 10.1 Å². The third kappa shape index (κ3) is 1.79. The van der Waals surface area contributed by atoms with Gasteiger partial charge in [0, 0.05) is 18.5 Å². The Balaban J connectivity index is 2.63. The molecule has 0 atom stereocenters. The Labute approximate surface area is 89.3 Å². The number of hydrogen-bond acceptors (Lipinski definition) is 4. The van der Waals surface area contributed by atoms with E-state index in [0.29, 0.717) is 0 Å². The monoisotopic (exact) mass is 224 g/mol. The van der Waals surface area contributed by atoms with E-state index in [1.807, 2.05) is 0 Å². The summed E-state index contributed by atoms with van der Waals surface area (Å²) in [5.74, 6) is 0.109. The van der Waals surface area contributed by atoms with Gasteiger partial charge in [-0.1, -0.05) is 11.6 Å². The van der Waals surface area contributed by atoms with E-state index in [9.17, 15) is 10.1 Å². The van der Waals surface area contributed by atoms with Crippen molar-refractivity contribution < 1.29 is 4.92 Å². The minimum atomic E-state index is -0.527. The molecule has 0 spiro atoms. The summed E-state index contributed by atoms with van der Waals surface area (Å²) in [5, 5.41) is 14.8. The summed E-state index contributed by atoms with van der Waals surface area (Å²) in [6, 6.07) is 4.31. The second-order valence-corrected chi connectivity index (χ2v) is 3.07. The van der Waals surface area contributed by atoms with Gasteiger partial charge in [-0.2, -0.15) is 5.10 Å². The summed E-state index contributed by atoms with van der Waals surface area (Å²) in [6.45, 7) is 0. The lowest BCUT2D eigenvalue weighted by molar-refractivity contribution is -0.384. The topological polar surface area (TPSA) is 73.8 Å². The van der Waals surface area contributed by atoms with E-state index in [2.05, 4.69) is 10.1 Å². The van der Waals surface area contributed by atoms with Crippen LogP contribution in [-0.4, -0.2) is 19.7 Å². The Hall–Kier alpha value is -1.95. The Morgan fingerprint density at radius 2 is 2.27 bits per heavy atom. The van der Waals surface area contributed by atoms with Crippen LogP contribution >= 0.6 is 11.6 Å². The van der Waals surface area contributed by atoms with E-state index in [4.69, 9.17) is 11.6 Å². The van der Waals surface area contributed by atoms with Gasteiger partial charge in [0.2, 0.25) is 5.82 Å². The van der Waals surface area contributed by atoms with Gasteiger partial charge < -0.3 is 0 Å². The minimum Gasteiger partial charge on any atom is -0.258 e. The van der Waals surface area contributed by atoms with Crippen molar-refractivity contribution >= 4 is 17.3 Å². The Bertz CT molecular complexity index is 497. The third-order valence-electron chi connectivity index (χ3n) is 1.74. The first-order valence-corrected chi connectivity index (χ1v) is 4.37. The maximum Gasteiger partial charge on any atom is 0.313 e. The van der Waals surface area contributed by atoms with Crippen LogP contribution in [0.5, 0.6) is 0 Å². The highest BCUT2D eigenvalue weighted by molar-refractivity contribution is 6.29. The number of pyridine rings is 1. The van der Waals surface area contributed by atoms with Crippen molar-refractivity contribution in [3.8, 4) is 5.82 Å². The van der Waals surface area contributed by atoms with Crippen LogP contribution in [0.15, 0.2) is 30.6 Å². The molecule has 0 N–H and O–H groups in total. The van der Waals surface area contributed by atoms with Crippen molar-refractivity contribution in [2.24, 2.45) is 0 Å². The fourth-order valence-corrected chi connectivity index (χ4v) is 1.27. The predicted octanol–water partition coefficient (Wildman–Crippen LogP) is 1.83. The Morgan fingerprint density at radius 3 is 2.87 bits per heavy atom. The van der Waals surface area contributed by atoms with Crippen molar-refractivity contribution in [3.63, 3.8) is 0 Å². The lowest BCUT2D eigenvalue weighted by atomic mass is 10.4. The van der Waals surface area contributed by atoms with Crippen LogP contribution in [0.1, 0.15) is 0 Å². The first-order valence-electron chi connectivity index (χ1n) is 3.99. The van der Waals surface area contributed by atoms with Crippen LogP contribution < -0.4 is 0 Å². The summed E-state index contributed by atoms with van der Waals surface area (Å²) in [6.07, 6.45) is 3.07. The van der Waals surface area contributed by atoms with Gasteiger partial charge in [0.1, 0.15) is 5.15 Å². The van der Waals surface area contributed by atoms with Gasteiger partial charge in [-0.25, -0.2) is 9.67 Å². The van der Waals surface area contributed by atoms with Gasteiger partial charge in [-0.15, -0.1) is 0 Å². The largest absolute Gasteiger partial charge is 0.313 e. The number of halogens is 1. The predicted molar refractivity (Wildman–Crippen MR) is 53.0 cm³/mol. The number of nitro groups is 1. The average Bonchev–Trinajstić information content (AvgIpc) is 2.69. The van der Waals surface area contributed by atoms with E-state index >= 15 is 0 Å². The maximum absolute atomic E-state index is 10.7. The molecule has 7 heteroatoms. The van der Waals surface area contributed by atoms with Gasteiger partial charge >= 0.3 is 5.69 Å². The molecule has 0 saturated heterocycles. The minimum absolute atomic E-state index is 0.109. The molecule has 0 saturated carbocycles. The fourth-order valence-electron chi connectivity index (χ4n) is 1.12.